The molecule has 0 amide bonds. The van der Waals surface area contributed by atoms with Crippen molar-refractivity contribution in [1.29, 1.82) is 0 Å². The second-order valence-electron chi connectivity index (χ2n) is 7.53. The molecular formula is C18H32N2O. The summed E-state index contributed by atoms with van der Waals surface area (Å²) in [6.45, 7) is 8.38. The number of hydrogen-bond donors (Lipinski definition) is 1. The van der Waals surface area contributed by atoms with Gasteiger partial charge in [0.15, 0.2) is 0 Å². The third-order valence-electron chi connectivity index (χ3n) is 4.48. The number of hydrogen-bond acceptors (Lipinski definition) is 3. The fourth-order valence-corrected chi connectivity index (χ4v) is 3.10. The minimum Gasteiger partial charge on any atom is -0.468 e. The molecule has 2 rings (SSSR count). The standard InChI is InChI=1S/C18H32N2O/c1-18(2,3)19-13-17-15(11-12-21-17)14-20(4)16-9-7-5-6-8-10-16/h11-12,16,19H,5-10,13-14H2,1-4H3. The van der Waals surface area contributed by atoms with Gasteiger partial charge >= 0.3 is 0 Å². The maximum atomic E-state index is 5.68. The summed E-state index contributed by atoms with van der Waals surface area (Å²) in [5.74, 6) is 1.09. The molecule has 0 unspecified atom stereocenters. The summed E-state index contributed by atoms with van der Waals surface area (Å²) in [5, 5.41) is 3.52. The van der Waals surface area contributed by atoms with E-state index in [1.54, 1.807) is 0 Å². The van der Waals surface area contributed by atoms with Gasteiger partial charge in [-0.25, -0.2) is 0 Å². The second kappa shape index (κ2) is 7.46. The van der Waals surface area contributed by atoms with Crippen LogP contribution in [0.1, 0.15) is 70.6 Å². The highest BCUT2D eigenvalue weighted by molar-refractivity contribution is 5.17. The van der Waals surface area contributed by atoms with E-state index in [0.717, 1.165) is 24.9 Å². The highest BCUT2D eigenvalue weighted by atomic mass is 16.3. The summed E-state index contributed by atoms with van der Waals surface area (Å²) in [6.07, 6.45) is 10.1. The Morgan fingerprint density at radius 2 is 1.86 bits per heavy atom. The number of nitrogens with one attached hydrogen (secondary N) is 1. The molecule has 120 valence electrons. The first-order valence-electron chi connectivity index (χ1n) is 8.46. The van der Waals surface area contributed by atoms with Crippen LogP contribution in [0.2, 0.25) is 0 Å². The van der Waals surface area contributed by atoms with Gasteiger partial charge < -0.3 is 9.73 Å². The predicted octanol–water partition coefficient (Wildman–Crippen LogP) is 4.32. The van der Waals surface area contributed by atoms with Gasteiger partial charge in [0.1, 0.15) is 5.76 Å². The molecule has 0 saturated heterocycles. The first kappa shape index (κ1) is 16.6. The average Bonchev–Trinajstić information content (AvgIpc) is 2.68. The van der Waals surface area contributed by atoms with Crippen LogP contribution < -0.4 is 5.32 Å². The van der Waals surface area contributed by atoms with Gasteiger partial charge in [-0.2, -0.15) is 0 Å². The quantitative estimate of drug-likeness (QED) is 0.819. The second-order valence-corrected chi connectivity index (χ2v) is 7.53. The molecule has 1 fully saturated rings. The van der Waals surface area contributed by atoms with Gasteiger partial charge in [-0.1, -0.05) is 25.7 Å². The third-order valence-corrected chi connectivity index (χ3v) is 4.48. The van der Waals surface area contributed by atoms with Crippen molar-refractivity contribution >= 4 is 0 Å². The molecular weight excluding hydrogens is 260 g/mol. The summed E-state index contributed by atoms with van der Waals surface area (Å²) in [4.78, 5) is 2.52. The molecule has 1 aromatic heterocycles. The van der Waals surface area contributed by atoms with Crippen molar-refractivity contribution < 1.29 is 4.42 Å². The van der Waals surface area contributed by atoms with Crippen LogP contribution in [0.25, 0.3) is 0 Å². The molecule has 0 atom stereocenters. The van der Waals surface area contributed by atoms with Gasteiger partial charge in [0.2, 0.25) is 0 Å². The van der Waals surface area contributed by atoms with E-state index in [9.17, 15) is 0 Å². The lowest BCUT2D eigenvalue weighted by Crippen LogP contribution is -2.35. The van der Waals surface area contributed by atoms with Crippen LogP contribution in [0.4, 0.5) is 0 Å². The average molecular weight is 292 g/mol. The molecule has 1 N–H and O–H groups in total. The van der Waals surface area contributed by atoms with Crippen LogP contribution in [0.15, 0.2) is 16.7 Å². The highest BCUT2D eigenvalue weighted by Gasteiger charge is 2.19. The molecule has 1 saturated carbocycles. The molecule has 21 heavy (non-hydrogen) atoms. The van der Waals surface area contributed by atoms with Gasteiger partial charge in [-0.05, 0) is 46.7 Å². The first-order valence-corrected chi connectivity index (χ1v) is 8.46. The van der Waals surface area contributed by atoms with Gasteiger partial charge in [-0.3, -0.25) is 4.90 Å². The Morgan fingerprint density at radius 1 is 1.19 bits per heavy atom. The van der Waals surface area contributed by atoms with E-state index in [4.69, 9.17) is 4.42 Å². The van der Waals surface area contributed by atoms with Crippen LogP contribution in [0, 0.1) is 0 Å². The lowest BCUT2D eigenvalue weighted by molar-refractivity contribution is 0.211. The zero-order valence-corrected chi connectivity index (χ0v) is 14.2. The zero-order chi connectivity index (χ0) is 15.3. The van der Waals surface area contributed by atoms with Crippen molar-refractivity contribution in [1.82, 2.24) is 10.2 Å². The fraction of sp³-hybridized carbons (Fsp3) is 0.778. The topological polar surface area (TPSA) is 28.4 Å². The minimum absolute atomic E-state index is 0.122. The number of nitrogens with zero attached hydrogens (tertiary/aromatic N) is 1. The van der Waals surface area contributed by atoms with E-state index in [0.29, 0.717) is 0 Å². The van der Waals surface area contributed by atoms with Crippen molar-refractivity contribution in [2.75, 3.05) is 7.05 Å². The van der Waals surface area contributed by atoms with Crippen molar-refractivity contribution in [3.05, 3.63) is 23.7 Å². The van der Waals surface area contributed by atoms with Crippen molar-refractivity contribution in [2.45, 2.75) is 84.0 Å². The summed E-state index contributed by atoms with van der Waals surface area (Å²) in [7, 11) is 2.27. The summed E-state index contributed by atoms with van der Waals surface area (Å²) >= 11 is 0. The Kier molecular flexibility index (Phi) is 5.88. The number of furan rings is 1. The molecule has 0 aromatic carbocycles. The van der Waals surface area contributed by atoms with Crippen LogP contribution in [-0.2, 0) is 13.1 Å². The summed E-state index contributed by atoms with van der Waals surface area (Å²) in [6, 6.07) is 2.87. The normalized spacial score (nSPS) is 18.1. The van der Waals surface area contributed by atoms with E-state index < -0.39 is 0 Å². The van der Waals surface area contributed by atoms with Crippen molar-refractivity contribution in [3.8, 4) is 0 Å². The number of rotatable bonds is 5. The van der Waals surface area contributed by atoms with Crippen LogP contribution in [0.3, 0.4) is 0 Å². The molecule has 3 heteroatoms. The SMILES string of the molecule is CN(Cc1ccoc1CNC(C)(C)C)C1CCCCCC1. The lowest BCUT2D eigenvalue weighted by atomic mass is 10.1. The van der Waals surface area contributed by atoms with Gasteiger partial charge in [0.25, 0.3) is 0 Å². The van der Waals surface area contributed by atoms with Crippen molar-refractivity contribution in [3.63, 3.8) is 0 Å². The Labute approximate surface area is 130 Å². The Bertz CT molecular complexity index is 411. The molecule has 0 radical (unpaired) electrons. The molecule has 0 aliphatic heterocycles. The Morgan fingerprint density at radius 3 is 2.48 bits per heavy atom. The van der Waals surface area contributed by atoms with Gasteiger partial charge in [0.05, 0.1) is 12.8 Å². The molecule has 0 spiro atoms. The fourth-order valence-electron chi connectivity index (χ4n) is 3.10. The van der Waals surface area contributed by atoms with E-state index in [2.05, 4.69) is 44.1 Å². The molecule has 0 bridgehead atoms. The summed E-state index contributed by atoms with van der Waals surface area (Å²) in [5.41, 5.74) is 1.45. The van der Waals surface area contributed by atoms with E-state index in [1.165, 1.54) is 44.1 Å². The largest absolute Gasteiger partial charge is 0.468 e. The Balaban J connectivity index is 1.91. The predicted molar refractivity (Wildman–Crippen MR) is 88.3 cm³/mol. The monoisotopic (exact) mass is 292 g/mol. The van der Waals surface area contributed by atoms with E-state index >= 15 is 0 Å². The summed E-state index contributed by atoms with van der Waals surface area (Å²) < 4.78 is 5.68. The smallest absolute Gasteiger partial charge is 0.122 e. The van der Waals surface area contributed by atoms with Crippen LogP contribution in [0.5, 0.6) is 0 Å². The molecule has 3 nitrogen and oxygen atoms in total. The van der Waals surface area contributed by atoms with E-state index in [-0.39, 0.29) is 5.54 Å². The van der Waals surface area contributed by atoms with Gasteiger partial charge in [-0.15, -0.1) is 0 Å². The Hall–Kier alpha value is -0.800. The lowest BCUT2D eigenvalue weighted by Gasteiger charge is -2.27. The molecule has 1 aliphatic carbocycles. The maximum Gasteiger partial charge on any atom is 0.122 e. The molecule has 1 aliphatic rings. The third kappa shape index (κ3) is 5.48. The minimum atomic E-state index is 0.122. The first-order chi connectivity index (χ1) is 9.96. The van der Waals surface area contributed by atoms with Gasteiger partial charge in [0, 0.05) is 23.7 Å². The van der Waals surface area contributed by atoms with Crippen molar-refractivity contribution in [2.24, 2.45) is 0 Å². The maximum absolute atomic E-state index is 5.68. The van der Waals surface area contributed by atoms with E-state index in [1.807, 2.05) is 6.26 Å². The molecule has 1 heterocycles. The molecule has 1 aromatic rings. The highest BCUT2D eigenvalue weighted by Crippen LogP contribution is 2.23. The van der Waals surface area contributed by atoms with Crippen LogP contribution >= 0.6 is 0 Å². The zero-order valence-electron chi connectivity index (χ0n) is 14.2. The van der Waals surface area contributed by atoms with Crippen LogP contribution in [-0.4, -0.2) is 23.5 Å².